The first-order valence-corrected chi connectivity index (χ1v) is 4.79. The molecular weight excluding hydrogens is 174 g/mol. The molecule has 2 aliphatic heterocycles. The second kappa shape index (κ2) is 2.86. The molecule has 0 aromatic heterocycles. The minimum Gasteiger partial charge on any atom is -0.479 e. The van der Waals surface area contributed by atoms with Crippen molar-refractivity contribution in [3.63, 3.8) is 0 Å². The summed E-state index contributed by atoms with van der Waals surface area (Å²) in [5, 5.41) is 11.7. The Morgan fingerprint density at radius 2 is 2.58 bits per heavy atom. The van der Waals surface area contributed by atoms with E-state index in [1.807, 2.05) is 6.08 Å². The zero-order valence-corrected chi connectivity index (χ0v) is 7.23. The van der Waals surface area contributed by atoms with E-state index in [4.69, 9.17) is 5.11 Å². The van der Waals surface area contributed by atoms with Gasteiger partial charge in [-0.3, -0.25) is 0 Å². The highest BCUT2D eigenvalue weighted by Gasteiger charge is 2.28. The normalized spacial score (nSPS) is 26.8. The number of rotatable bonds is 1. The zero-order valence-electron chi connectivity index (χ0n) is 6.41. The topological polar surface area (TPSA) is 49.3 Å². The molecule has 0 saturated heterocycles. The SMILES string of the molecule is O=C(O)C1NC=CC2=C1CCS2. The third-order valence-electron chi connectivity index (χ3n) is 2.04. The van der Waals surface area contributed by atoms with Crippen LogP contribution in [0.25, 0.3) is 0 Å². The van der Waals surface area contributed by atoms with Crippen LogP contribution in [0.1, 0.15) is 6.42 Å². The summed E-state index contributed by atoms with van der Waals surface area (Å²) in [6.45, 7) is 0. The highest BCUT2D eigenvalue weighted by atomic mass is 32.2. The first kappa shape index (κ1) is 7.73. The number of dihydropyridines is 1. The Morgan fingerprint density at radius 3 is 3.33 bits per heavy atom. The van der Waals surface area contributed by atoms with E-state index in [0.717, 1.165) is 22.7 Å². The third-order valence-corrected chi connectivity index (χ3v) is 3.16. The van der Waals surface area contributed by atoms with Gasteiger partial charge in [-0.2, -0.15) is 0 Å². The maximum Gasteiger partial charge on any atom is 0.330 e. The van der Waals surface area contributed by atoms with Crippen molar-refractivity contribution in [1.82, 2.24) is 5.32 Å². The van der Waals surface area contributed by atoms with Gasteiger partial charge >= 0.3 is 5.97 Å². The first-order chi connectivity index (χ1) is 5.79. The molecule has 4 heteroatoms. The third kappa shape index (κ3) is 1.12. The quantitative estimate of drug-likeness (QED) is 0.635. The molecule has 0 fully saturated rings. The van der Waals surface area contributed by atoms with E-state index in [9.17, 15) is 4.79 Å². The molecule has 0 amide bonds. The van der Waals surface area contributed by atoms with Gasteiger partial charge in [0.2, 0.25) is 0 Å². The van der Waals surface area contributed by atoms with Gasteiger partial charge in [0, 0.05) is 10.7 Å². The lowest BCUT2D eigenvalue weighted by Gasteiger charge is -2.18. The van der Waals surface area contributed by atoms with E-state index < -0.39 is 12.0 Å². The predicted octanol–water partition coefficient (Wildman–Crippen LogP) is 0.948. The van der Waals surface area contributed by atoms with Crippen LogP contribution in [0.3, 0.4) is 0 Å². The van der Waals surface area contributed by atoms with Gasteiger partial charge in [0.05, 0.1) is 0 Å². The fourth-order valence-corrected chi connectivity index (χ4v) is 2.58. The van der Waals surface area contributed by atoms with E-state index in [1.165, 1.54) is 0 Å². The van der Waals surface area contributed by atoms with Crippen LogP contribution in [0, 0.1) is 0 Å². The van der Waals surface area contributed by atoms with Crippen molar-refractivity contribution >= 4 is 17.7 Å². The average molecular weight is 183 g/mol. The number of nitrogens with one attached hydrogen (secondary N) is 1. The van der Waals surface area contributed by atoms with E-state index >= 15 is 0 Å². The maximum absolute atomic E-state index is 10.8. The molecule has 1 unspecified atom stereocenters. The lowest BCUT2D eigenvalue weighted by atomic mass is 10.0. The van der Waals surface area contributed by atoms with Crippen LogP contribution in [0.4, 0.5) is 0 Å². The van der Waals surface area contributed by atoms with Crippen LogP contribution < -0.4 is 5.32 Å². The number of allylic oxidation sites excluding steroid dienone is 1. The molecule has 2 aliphatic rings. The minimum atomic E-state index is -0.783. The summed E-state index contributed by atoms with van der Waals surface area (Å²) >= 11 is 1.74. The van der Waals surface area contributed by atoms with Crippen molar-refractivity contribution in [2.45, 2.75) is 12.5 Å². The number of aliphatic carboxylic acids is 1. The standard InChI is InChI=1S/C8H9NO2S/c10-8(11)7-5-2-4-12-6(5)1-3-9-7/h1,3,7,9H,2,4H2,(H,10,11). The molecule has 0 spiro atoms. The number of carboxylic acid groups (broad SMARTS) is 1. The summed E-state index contributed by atoms with van der Waals surface area (Å²) < 4.78 is 0. The molecule has 0 aliphatic carbocycles. The molecule has 0 radical (unpaired) electrons. The van der Waals surface area contributed by atoms with E-state index in [1.54, 1.807) is 18.0 Å². The van der Waals surface area contributed by atoms with Crippen LogP contribution >= 0.6 is 11.8 Å². The van der Waals surface area contributed by atoms with Gasteiger partial charge < -0.3 is 10.4 Å². The van der Waals surface area contributed by atoms with Crippen LogP contribution in [0.5, 0.6) is 0 Å². The number of hydrogen-bond donors (Lipinski definition) is 2. The van der Waals surface area contributed by atoms with Crippen molar-refractivity contribution in [3.8, 4) is 0 Å². The number of carbonyl (C=O) groups is 1. The van der Waals surface area contributed by atoms with Crippen LogP contribution in [-0.2, 0) is 4.79 Å². The maximum atomic E-state index is 10.8. The number of thioether (sulfide) groups is 1. The summed E-state index contributed by atoms with van der Waals surface area (Å²) in [5.74, 6) is 0.231. The zero-order chi connectivity index (χ0) is 8.55. The largest absolute Gasteiger partial charge is 0.479 e. The molecular formula is C8H9NO2S. The molecule has 0 saturated carbocycles. The number of hydrogen-bond acceptors (Lipinski definition) is 3. The smallest absolute Gasteiger partial charge is 0.330 e. The molecule has 2 heterocycles. The average Bonchev–Trinajstić information content (AvgIpc) is 2.49. The van der Waals surface area contributed by atoms with Gasteiger partial charge in [0.15, 0.2) is 0 Å². The van der Waals surface area contributed by atoms with E-state index in [0.29, 0.717) is 0 Å². The molecule has 2 rings (SSSR count). The highest BCUT2D eigenvalue weighted by molar-refractivity contribution is 8.03. The Bertz CT molecular complexity index is 283. The minimum absolute atomic E-state index is 0.486. The highest BCUT2D eigenvalue weighted by Crippen LogP contribution is 2.35. The van der Waals surface area contributed by atoms with Crippen molar-refractivity contribution in [1.29, 1.82) is 0 Å². The molecule has 1 atom stereocenters. The fourth-order valence-electron chi connectivity index (χ4n) is 1.47. The van der Waals surface area contributed by atoms with Gasteiger partial charge in [0.25, 0.3) is 0 Å². The van der Waals surface area contributed by atoms with Gasteiger partial charge in [-0.05, 0) is 24.3 Å². The van der Waals surface area contributed by atoms with Crippen molar-refractivity contribution in [3.05, 3.63) is 22.8 Å². The van der Waals surface area contributed by atoms with Crippen LogP contribution in [0.2, 0.25) is 0 Å². The van der Waals surface area contributed by atoms with Crippen LogP contribution in [-0.4, -0.2) is 22.9 Å². The monoisotopic (exact) mass is 183 g/mol. The van der Waals surface area contributed by atoms with Crippen LogP contribution in [0.15, 0.2) is 22.8 Å². The summed E-state index contributed by atoms with van der Waals surface area (Å²) in [6, 6.07) is -0.486. The molecule has 64 valence electrons. The van der Waals surface area contributed by atoms with Crippen molar-refractivity contribution < 1.29 is 9.90 Å². The second-order valence-electron chi connectivity index (χ2n) is 2.76. The van der Waals surface area contributed by atoms with Gasteiger partial charge in [0.1, 0.15) is 6.04 Å². The first-order valence-electron chi connectivity index (χ1n) is 3.80. The lowest BCUT2D eigenvalue weighted by molar-refractivity contribution is -0.138. The Labute approximate surface area is 74.5 Å². The molecule has 0 aromatic carbocycles. The summed E-state index contributed by atoms with van der Waals surface area (Å²) in [6.07, 6.45) is 4.57. The molecule has 12 heavy (non-hydrogen) atoms. The van der Waals surface area contributed by atoms with E-state index in [2.05, 4.69) is 5.32 Å². The van der Waals surface area contributed by atoms with E-state index in [-0.39, 0.29) is 0 Å². The van der Waals surface area contributed by atoms with Gasteiger partial charge in [-0.25, -0.2) is 4.79 Å². The number of carboxylic acids is 1. The van der Waals surface area contributed by atoms with Gasteiger partial charge in [-0.1, -0.05) is 0 Å². The molecule has 3 nitrogen and oxygen atoms in total. The van der Waals surface area contributed by atoms with Crippen molar-refractivity contribution in [2.75, 3.05) is 5.75 Å². The fraction of sp³-hybridized carbons (Fsp3) is 0.375. The lowest BCUT2D eigenvalue weighted by Crippen LogP contribution is -2.36. The Hall–Kier alpha value is -0.900. The predicted molar refractivity (Wildman–Crippen MR) is 47.8 cm³/mol. The Morgan fingerprint density at radius 1 is 1.75 bits per heavy atom. The van der Waals surface area contributed by atoms with Crippen molar-refractivity contribution in [2.24, 2.45) is 0 Å². The van der Waals surface area contributed by atoms with Gasteiger partial charge in [-0.15, -0.1) is 11.8 Å². The Kier molecular flexibility index (Phi) is 1.84. The Balaban J connectivity index is 2.29. The summed E-state index contributed by atoms with van der Waals surface area (Å²) in [7, 11) is 0. The summed E-state index contributed by atoms with van der Waals surface area (Å²) in [4.78, 5) is 11.9. The molecule has 2 N–H and O–H groups in total. The molecule has 0 bridgehead atoms. The molecule has 0 aromatic rings. The summed E-state index contributed by atoms with van der Waals surface area (Å²) in [5.41, 5.74) is 1.04. The second-order valence-corrected chi connectivity index (χ2v) is 3.90.